The third-order valence-electron chi connectivity index (χ3n) is 6.62. The highest BCUT2D eigenvalue weighted by molar-refractivity contribution is 5.98. The molecule has 4 heterocycles. The number of rotatable bonds is 7. The summed E-state index contributed by atoms with van der Waals surface area (Å²) in [5.41, 5.74) is 4.05. The quantitative estimate of drug-likeness (QED) is 0.414. The second kappa shape index (κ2) is 10.2. The number of carbonyl (C=O) groups excluding carboxylic acids is 1. The van der Waals surface area contributed by atoms with Crippen LogP contribution in [0.2, 0.25) is 0 Å². The number of hydrogen-bond donors (Lipinski definition) is 2. The number of fused-ring (bicyclic) bond motifs is 1. The number of hydrogen-bond acceptors (Lipinski definition) is 6. The van der Waals surface area contributed by atoms with Crippen molar-refractivity contribution in [2.45, 2.75) is 32.5 Å². The fraction of sp³-hybridized carbons (Fsp3) is 0.296. The van der Waals surface area contributed by atoms with E-state index in [0.29, 0.717) is 49.6 Å². The van der Waals surface area contributed by atoms with Crippen LogP contribution >= 0.6 is 0 Å². The number of ether oxygens (including phenoxy) is 1. The molecule has 0 saturated heterocycles. The SMILES string of the molecule is COc1cc(=O)n2c(c1C(=O)N[C@@H](C)c1ccco1)CCN(Cc1cn[nH]c1-c1ccccc1)CC2. The topological polar surface area (TPSA) is 105 Å². The first-order chi connectivity index (χ1) is 17.5. The van der Waals surface area contributed by atoms with Gasteiger partial charge in [0, 0.05) is 49.9 Å². The molecule has 0 radical (unpaired) electrons. The van der Waals surface area contributed by atoms with E-state index in [0.717, 1.165) is 16.8 Å². The Morgan fingerprint density at radius 3 is 2.78 bits per heavy atom. The van der Waals surface area contributed by atoms with Gasteiger partial charge in [0.25, 0.3) is 11.5 Å². The number of nitrogens with zero attached hydrogens (tertiary/aromatic N) is 3. The van der Waals surface area contributed by atoms with E-state index in [4.69, 9.17) is 9.15 Å². The van der Waals surface area contributed by atoms with E-state index in [1.165, 1.54) is 13.2 Å². The van der Waals surface area contributed by atoms with Crippen LogP contribution in [0.5, 0.6) is 5.75 Å². The summed E-state index contributed by atoms with van der Waals surface area (Å²) in [5.74, 6) is 0.640. The zero-order valence-electron chi connectivity index (χ0n) is 20.4. The Hall–Kier alpha value is -4.11. The minimum atomic E-state index is -0.329. The van der Waals surface area contributed by atoms with Crippen LogP contribution in [0.4, 0.5) is 0 Å². The molecule has 1 aromatic carbocycles. The van der Waals surface area contributed by atoms with E-state index >= 15 is 0 Å². The van der Waals surface area contributed by atoms with Gasteiger partial charge in [0.2, 0.25) is 0 Å². The molecule has 0 unspecified atom stereocenters. The summed E-state index contributed by atoms with van der Waals surface area (Å²) in [6, 6.07) is 14.8. The van der Waals surface area contributed by atoms with Gasteiger partial charge in [-0.15, -0.1) is 0 Å². The maximum Gasteiger partial charge on any atom is 0.257 e. The average Bonchev–Trinajstić information content (AvgIpc) is 3.55. The molecule has 5 rings (SSSR count). The van der Waals surface area contributed by atoms with Crippen LogP contribution in [-0.2, 0) is 19.5 Å². The van der Waals surface area contributed by atoms with Crippen LogP contribution in [0.25, 0.3) is 11.3 Å². The normalized spacial score (nSPS) is 14.6. The molecule has 0 bridgehead atoms. The third kappa shape index (κ3) is 4.70. The van der Waals surface area contributed by atoms with Crippen molar-refractivity contribution in [3.05, 3.63) is 93.9 Å². The van der Waals surface area contributed by atoms with Gasteiger partial charge in [0.15, 0.2) is 0 Å². The average molecular weight is 488 g/mol. The summed E-state index contributed by atoms with van der Waals surface area (Å²) in [6.07, 6.45) is 3.96. The fourth-order valence-electron chi connectivity index (χ4n) is 4.76. The summed E-state index contributed by atoms with van der Waals surface area (Å²) in [7, 11) is 1.48. The van der Waals surface area contributed by atoms with Gasteiger partial charge in [-0.25, -0.2) is 0 Å². The van der Waals surface area contributed by atoms with Gasteiger partial charge < -0.3 is 19.0 Å². The first-order valence-corrected chi connectivity index (χ1v) is 12.0. The summed E-state index contributed by atoms with van der Waals surface area (Å²) < 4.78 is 12.6. The molecule has 0 spiro atoms. The van der Waals surface area contributed by atoms with Crippen LogP contribution in [-0.4, -0.2) is 45.8 Å². The van der Waals surface area contributed by atoms with E-state index in [-0.39, 0.29) is 23.3 Å². The van der Waals surface area contributed by atoms with Crippen molar-refractivity contribution < 1.29 is 13.9 Å². The van der Waals surface area contributed by atoms with Gasteiger partial charge in [-0.3, -0.25) is 19.6 Å². The Balaban J connectivity index is 1.39. The number of H-pyrrole nitrogens is 1. The van der Waals surface area contributed by atoms with Crippen LogP contribution in [0.1, 0.15) is 40.3 Å². The number of pyridine rings is 1. The number of carbonyl (C=O) groups is 1. The molecule has 3 aromatic heterocycles. The van der Waals surface area contributed by atoms with E-state index < -0.39 is 0 Å². The van der Waals surface area contributed by atoms with Gasteiger partial charge in [0.05, 0.1) is 31.3 Å². The molecule has 9 heteroatoms. The molecule has 1 aliphatic heterocycles. The highest BCUT2D eigenvalue weighted by Crippen LogP contribution is 2.26. The lowest BCUT2D eigenvalue weighted by Crippen LogP contribution is -2.32. The molecule has 1 atom stereocenters. The van der Waals surface area contributed by atoms with Gasteiger partial charge in [0.1, 0.15) is 17.1 Å². The maximum absolute atomic E-state index is 13.4. The number of furan rings is 1. The van der Waals surface area contributed by atoms with Crippen LogP contribution in [0.3, 0.4) is 0 Å². The third-order valence-corrected chi connectivity index (χ3v) is 6.62. The van der Waals surface area contributed by atoms with E-state index in [1.54, 1.807) is 16.9 Å². The number of aromatic amines is 1. The highest BCUT2D eigenvalue weighted by Gasteiger charge is 2.27. The summed E-state index contributed by atoms with van der Waals surface area (Å²) in [6.45, 7) is 4.36. The number of amides is 1. The summed E-state index contributed by atoms with van der Waals surface area (Å²) in [5, 5.41) is 10.4. The second-order valence-corrected chi connectivity index (χ2v) is 8.90. The molecule has 36 heavy (non-hydrogen) atoms. The van der Waals surface area contributed by atoms with Crippen molar-refractivity contribution in [1.82, 2.24) is 25.0 Å². The lowest BCUT2D eigenvalue weighted by Gasteiger charge is -2.19. The van der Waals surface area contributed by atoms with Crippen molar-refractivity contribution in [2.75, 3.05) is 20.2 Å². The summed E-state index contributed by atoms with van der Waals surface area (Å²) >= 11 is 0. The molecule has 2 N–H and O–H groups in total. The Bertz CT molecular complexity index is 1390. The molecule has 0 fully saturated rings. The zero-order valence-corrected chi connectivity index (χ0v) is 20.4. The molecule has 186 valence electrons. The largest absolute Gasteiger partial charge is 0.496 e. The summed E-state index contributed by atoms with van der Waals surface area (Å²) in [4.78, 5) is 28.6. The smallest absolute Gasteiger partial charge is 0.257 e. The van der Waals surface area contributed by atoms with Crippen molar-refractivity contribution >= 4 is 5.91 Å². The monoisotopic (exact) mass is 487 g/mol. The van der Waals surface area contributed by atoms with Gasteiger partial charge in [-0.1, -0.05) is 30.3 Å². The minimum Gasteiger partial charge on any atom is -0.496 e. The molecule has 4 aromatic rings. The number of nitrogens with one attached hydrogen (secondary N) is 2. The highest BCUT2D eigenvalue weighted by atomic mass is 16.5. The predicted molar refractivity (Wildman–Crippen MR) is 135 cm³/mol. The van der Waals surface area contributed by atoms with Crippen molar-refractivity contribution in [1.29, 1.82) is 0 Å². The predicted octanol–water partition coefficient (Wildman–Crippen LogP) is 3.39. The van der Waals surface area contributed by atoms with Gasteiger partial charge in [-0.2, -0.15) is 5.10 Å². The van der Waals surface area contributed by atoms with Crippen LogP contribution in [0.15, 0.2) is 70.2 Å². The van der Waals surface area contributed by atoms with Crippen LogP contribution < -0.4 is 15.6 Å². The van der Waals surface area contributed by atoms with Crippen molar-refractivity contribution in [2.24, 2.45) is 0 Å². The molecular weight excluding hydrogens is 458 g/mol. The molecule has 9 nitrogen and oxygen atoms in total. The van der Waals surface area contributed by atoms with E-state index in [1.807, 2.05) is 37.4 Å². The Morgan fingerprint density at radius 2 is 2.03 bits per heavy atom. The Morgan fingerprint density at radius 1 is 1.19 bits per heavy atom. The number of aromatic nitrogens is 3. The molecular formula is C27H29N5O4. The minimum absolute atomic E-state index is 0.174. The van der Waals surface area contributed by atoms with Gasteiger partial charge in [-0.05, 0) is 24.6 Å². The number of methoxy groups -OCH3 is 1. The lowest BCUT2D eigenvalue weighted by molar-refractivity contribution is 0.0930. The van der Waals surface area contributed by atoms with Crippen molar-refractivity contribution in [3.63, 3.8) is 0 Å². The lowest BCUT2D eigenvalue weighted by atomic mass is 10.1. The molecule has 1 amide bonds. The Labute approximate surface area is 208 Å². The molecule has 1 aliphatic rings. The molecule has 0 aliphatic carbocycles. The van der Waals surface area contributed by atoms with Crippen LogP contribution in [0, 0.1) is 0 Å². The van der Waals surface area contributed by atoms with E-state index in [9.17, 15) is 9.59 Å². The standard InChI is InChI=1S/C27H29N5O4/c1-18(22-9-6-14-36-22)29-27(34)25-21-10-11-31(12-13-32(21)24(33)15-23(25)35-2)17-20-16-28-30-26(20)19-7-4-3-5-8-19/h3-9,14-16,18H,10-13,17H2,1-2H3,(H,28,30)(H,29,34)/t18-/m0/s1. The first-order valence-electron chi connectivity index (χ1n) is 12.0. The first kappa shape index (κ1) is 23.6. The van der Waals surface area contributed by atoms with E-state index in [2.05, 4.69) is 32.5 Å². The number of benzene rings is 1. The van der Waals surface area contributed by atoms with Crippen molar-refractivity contribution in [3.8, 4) is 17.0 Å². The zero-order chi connectivity index (χ0) is 25.1. The molecule has 0 saturated carbocycles. The Kier molecular flexibility index (Phi) is 6.73. The fourth-order valence-corrected chi connectivity index (χ4v) is 4.76. The van der Waals surface area contributed by atoms with Gasteiger partial charge >= 0.3 is 0 Å². The second-order valence-electron chi connectivity index (χ2n) is 8.90. The maximum atomic E-state index is 13.4.